The standard InChI is InChI=1S/C10H15NS/c1-8(11(2)3)9-5-4-6-10(12)7-9/h4-8,12H,1-3H3. The summed E-state index contributed by atoms with van der Waals surface area (Å²) >= 11 is 4.30. The molecule has 1 nitrogen and oxygen atoms in total. The Labute approximate surface area is 79.8 Å². The molecule has 0 aliphatic carbocycles. The summed E-state index contributed by atoms with van der Waals surface area (Å²) in [4.78, 5) is 3.21. The van der Waals surface area contributed by atoms with Crippen LogP contribution in [0, 0.1) is 0 Å². The normalized spacial score (nSPS) is 13.4. The van der Waals surface area contributed by atoms with E-state index in [1.54, 1.807) is 0 Å². The molecule has 2 heteroatoms. The fraction of sp³-hybridized carbons (Fsp3) is 0.400. The molecular weight excluding hydrogens is 166 g/mol. The number of thiol groups is 1. The number of hydrogen-bond acceptors (Lipinski definition) is 2. The molecule has 0 aliphatic heterocycles. The zero-order valence-electron chi connectivity index (χ0n) is 7.78. The van der Waals surface area contributed by atoms with Gasteiger partial charge in [-0.05, 0) is 38.7 Å². The van der Waals surface area contributed by atoms with E-state index in [1.165, 1.54) is 5.56 Å². The van der Waals surface area contributed by atoms with Gasteiger partial charge in [0.05, 0.1) is 0 Å². The van der Waals surface area contributed by atoms with Gasteiger partial charge in [0.1, 0.15) is 0 Å². The first-order valence-corrected chi connectivity index (χ1v) is 4.51. The molecular formula is C10H15NS. The number of hydrogen-bond donors (Lipinski definition) is 1. The third-order valence-corrected chi connectivity index (χ3v) is 2.41. The van der Waals surface area contributed by atoms with E-state index in [-0.39, 0.29) is 0 Å². The molecule has 0 saturated carbocycles. The van der Waals surface area contributed by atoms with Crippen molar-refractivity contribution in [3.8, 4) is 0 Å². The summed E-state index contributed by atoms with van der Waals surface area (Å²) in [5, 5.41) is 0. The summed E-state index contributed by atoms with van der Waals surface area (Å²) in [6.07, 6.45) is 0. The van der Waals surface area contributed by atoms with Crippen LogP contribution in [0.1, 0.15) is 18.5 Å². The quantitative estimate of drug-likeness (QED) is 0.686. The fourth-order valence-electron chi connectivity index (χ4n) is 1.08. The Hall–Kier alpha value is -0.470. The van der Waals surface area contributed by atoms with E-state index in [0.29, 0.717) is 6.04 Å². The van der Waals surface area contributed by atoms with Crippen LogP contribution in [0.15, 0.2) is 29.2 Å². The van der Waals surface area contributed by atoms with Gasteiger partial charge in [0.2, 0.25) is 0 Å². The van der Waals surface area contributed by atoms with Crippen LogP contribution in [0.25, 0.3) is 0 Å². The second-order valence-electron chi connectivity index (χ2n) is 3.23. The first-order valence-electron chi connectivity index (χ1n) is 4.06. The summed E-state index contributed by atoms with van der Waals surface area (Å²) < 4.78 is 0. The van der Waals surface area contributed by atoms with Crippen LogP contribution in [0.5, 0.6) is 0 Å². The van der Waals surface area contributed by atoms with Gasteiger partial charge in [-0.3, -0.25) is 0 Å². The lowest BCUT2D eigenvalue weighted by molar-refractivity contribution is 0.321. The van der Waals surface area contributed by atoms with Crippen LogP contribution in [0.2, 0.25) is 0 Å². The van der Waals surface area contributed by atoms with Crippen LogP contribution in [-0.2, 0) is 0 Å². The van der Waals surface area contributed by atoms with E-state index >= 15 is 0 Å². The van der Waals surface area contributed by atoms with Gasteiger partial charge < -0.3 is 4.90 Å². The summed E-state index contributed by atoms with van der Waals surface area (Å²) in [6.45, 7) is 2.18. The Kier molecular flexibility index (Phi) is 3.18. The molecule has 0 amide bonds. The van der Waals surface area contributed by atoms with E-state index in [2.05, 4.69) is 50.7 Å². The smallest absolute Gasteiger partial charge is 0.0314 e. The lowest BCUT2D eigenvalue weighted by atomic mass is 10.1. The first-order chi connectivity index (χ1) is 5.61. The minimum absolute atomic E-state index is 0.456. The van der Waals surface area contributed by atoms with Crippen molar-refractivity contribution >= 4 is 12.6 Å². The zero-order valence-corrected chi connectivity index (χ0v) is 8.68. The average molecular weight is 181 g/mol. The predicted octanol–water partition coefficient (Wildman–Crippen LogP) is 2.60. The molecule has 0 aromatic heterocycles. The summed E-state index contributed by atoms with van der Waals surface area (Å²) in [7, 11) is 4.16. The van der Waals surface area contributed by atoms with Gasteiger partial charge in [0.15, 0.2) is 0 Å². The molecule has 0 heterocycles. The number of benzene rings is 1. The second-order valence-corrected chi connectivity index (χ2v) is 3.75. The summed E-state index contributed by atoms with van der Waals surface area (Å²) in [5.41, 5.74) is 1.31. The van der Waals surface area contributed by atoms with Crippen LogP contribution >= 0.6 is 12.6 Å². The molecule has 1 rings (SSSR count). The topological polar surface area (TPSA) is 3.24 Å². The Morgan fingerprint density at radius 3 is 2.50 bits per heavy atom. The molecule has 66 valence electrons. The van der Waals surface area contributed by atoms with E-state index in [4.69, 9.17) is 0 Å². The van der Waals surface area contributed by atoms with Gasteiger partial charge in [-0.15, -0.1) is 12.6 Å². The van der Waals surface area contributed by atoms with Gasteiger partial charge >= 0.3 is 0 Å². The maximum Gasteiger partial charge on any atom is 0.0314 e. The van der Waals surface area contributed by atoms with Crippen molar-refractivity contribution in [1.29, 1.82) is 0 Å². The molecule has 1 unspecified atom stereocenters. The highest BCUT2D eigenvalue weighted by Crippen LogP contribution is 2.19. The van der Waals surface area contributed by atoms with E-state index in [0.717, 1.165) is 4.90 Å². The first kappa shape index (κ1) is 9.62. The molecule has 0 saturated heterocycles. The van der Waals surface area contributed by atoms with Crippen molar-refractivity contribution in [2.75, 3.05) is 14.1 Å². The molecule has 1 aromatic carbocycles. The third-order valence-electron chi connectivity index (χ3n) is 2.13. The highest BCUT2D eigenvalue weighted by molar-refractivity contribution is 7.80. The van der Waals surface area contributed by atoms with Crippen LogP contribution in [-0.4, -0.2) is 19.0 Å². The van der Waals surface area contributed by atoms with E-state index in [1.807, 2.05) is 12.1 Å². The van der Waals surface area contributed by atoms with Crippen molar-refractivity contribution in [1.82, 2.24) is 4.90 Å². The van der Waals surface area contributed by atoms with Crippen molar-refractivity contribution in [3.05, 3.63) is 29.8 Å². The summed E-state index contributed by atoms with van der Waals surface area (Å²) in [5.74, 6) is 0. The van der Waals surface area contributed by atoms with Crippen molar-refractivity contribution < 1.29 is 0 Å². The molecule has 12 heavy (non-hydrogen) atoms. The molecule has 1 aromatic rings. The van der Waals surface area contributed by atoms with E-state index < -0.39 is 0 Å². The largest absolute Gasteiger partial charge is 0.303 e. The maximum absolute atomic E-state index is 4.30. The Bertz CT molecular complexity index is 258. The van der Waals surface area contributed by atoms with Crippen molar-refractivity contribution in [3.63, 3.8) is 0 Å². The Balaban J connectivity index is 2.88. The van der Waals surface area contributed by atoms with Gasteiger partial charge in [0.25, 0.3) is 0 Å². The molecule has 0 bridgehead atoms. The molecule has 0 fully saturated rings. The van der Waals surface area contributed by atoms with Gasteiger partial charge in [0, 0.05) is 10.9 Å². The number of rotatable bonds is 2. The SMILES string of the molecule is CC(c1cccc(S)c1)N(C)C. The van der Waals surface area contributed by atoms with Crippen LogP contribution in [0.3, 0.4) is 0 Å². The van der Waals surface area contributed by atoms with Crippen LogP contribution < -0.4 is 0 Å². The van der Waals surface area contributed by atoms with Crippen molar-refractivity contribution in [2.24, 2.45) is 0 Å². The Morgan fingerprint density at radius 1 is 1.33 bits per heavy atom. The highest BCUT2D eigenvalue weighted by atomic mass is 32.1. The van der Waals surface area contributed by atoms with Gasteiger partial charge in [-0.2, -0.15) is 0 Å². The molecule has 0 aliphatic rings. The predicted molar refractivity (Wildman–Crippen MR) is 55.8 cm³/mol. The Morgan fingerprint density at radius 2 is 2.00 bits per heavy atom. The third kappa shape index (κ3) is 2.26. The fourth-order valence-corrected chi connectivity index (χ4v) is 1.32. The minimum atomic E-state index is 0.456. The lowest BCUT2D eigenvalue weighted by Crippen LogP contribution is -2.16. The molecule has 0 N–H and O–H groups in total. The molecule has 0 radical (unpaired) electrons. The zero-order chi connectivity index (χ0) is 9.14. The van der Waals surface area contributed by atoms with Gasteiger partial charge in [-0.1, -0.05) is 12.1 Å². The second kappa shape index (κ2) is 3.97. The highest BCUT2D eigenvalue weighted by Gasteiger charge is 2.06. The van der Waals surface area contributed by atoms with Crippen LogP contribution in [0.4, 0.5) is 0 Å². The summed E-state index contributed by atoms with van der Waals surface area (Å²) in [6, 6.07) is 8.72. The van der Waals surface area contributed by atoms with Gasteiger partial charge in [-0.25, -0.2) is 0 Å². The number of nitrogens with zero attached hydrogens (tertiary/aromatic N) is 1. The maximum atomic E-state index is 4.30. The molecule has 0 spiro atoms. The monoisotopic (exact) mass is 181 g/mol. The van der Waals surface area contributed by atoms with E-state index in [9.17, 15) is 0 Å². The minimum Gasteiger partial charge on any atom is -0.303 e. The average Bonchev–Trinajstić information content (AvgIpc) is 2.03. The lowest BCUT2D eigenvalue weighted by Gasteiger charge is -2.20. The molecule has 1 atom stereocenters. The van der Waals surface area contributed by atoms with Crippen molar-refractivity contribution in [2.45, 2.75) is 17.9 Å².